The second kappa shape index (κ2) is 5.16. The number of hydrogen-bond donors (Lipinski definition) is 2. The number of nitrogens with one attached hydrogen (secondary N) is 1. The van der Waals surface area contributed by atoms with Crippen molar-refractivity contribution in [1.29, 1.82) is 0 Å². The SMILES string of the molecule is Cc1cc(Br)oc1C(=O)NCC(C)C(=O)O. The second-order valence-electron chi connectivity index (χ2n) is 3.51. The van der Waals surface area contributed by atoms with Crippen molar-refractivity contribution in [2.75, 3.05) is 6.54 Å². The number of carboxylic acids is 1. The smallest absolute Gasteiger partial charge is 0.308 e. The van der Waals surface area contributed by atoms with Crippen molar-refractivity contribution < 1.29 is 19.1 Å². The van der Waals surface area contributed by atoms with Crippen LogP contribution in [0.25, 0.3) is 0 Å². The standard InChI is InChI=1S/C10H12BrNO4/c1-5-3-7(11)16-8(5)9(13)12-4-6(2)10(14)15/h3,6H,4H2,1-2H3,(H,12,13)(H,14,15). The number of hydrogen-bond acceptors (Lipinski definition) is 3. The normalized spacial score (nSPS) is 12.2. The number of carboxylic acid groups (broad SMARTS) is 1. The van der Waals surface area contributed by atoms with E-state index >= 15 is 0 Å². The molecule has 0 saturated heterocycles. The Morgan fingerprint density at radius 3 is 2.69 bits per heavy atom. The topological polar surface area (TPSA) is 79.5 Å². The maximum absolute atomic E-state index is 11.6. The van der Waals surface area contributed by atoms with Gasteiger partial charge in [-0.05, 0) is 28.9 Å². The van der Waals surface area contributed by atoms with Gasteiger partial charge in [-0.1, -0.05) is 6.92 Å². The summed E-state index contributed by atoms with van der Waals surface area (Å²) in [5, 5.41) is 11.1. The molecule has 6 heteroatoms. The fourth-order valence-electron chi connectivity index (χ4n) is 1.08. The van der Waals surface area contributed by atoms with E-state index in [-0.39, 0.29) is 12.3 Å². The molecule has 0 saturated carbocycles. The van der Waals surface area contributed by atoms with Gasteiger partial charge in [-0.3, -0.25) is 9.59 Å². The minimum absolute atomic E-state index is 0.0753. The van der Waals surface area contributed by atoms with E-state index in [9.17, 15) is 9.59 Å². The van der Waals surface area contributed by atoms with E-state index in [4.69, 9.17) is 9.52 Å². The van der Waals surface area contributed by atoms with Crippen LogP contribution in [0.15, 0.2) is 15.2 Å². The van der Waals surface area contributed by atoms with Crippen LogP contribution in [-0.4, -0.2) is 23.5 Å². The van der Waals surface area contributed by atoms with Crippen molar-refractivity contribution >= 4 is 27.8 Å². The molecule has 0 aliphatic carbocycles. The first-order valence-electron chi connectivity index (χ1n) is 4.68. The molecular formula is C10H12BrNO4. The molecule has 1 aromatic heterocycles. The van der Waals surface area contributed by atoms with Gasteiger partial charge < -0.3 is 14.8 Å². The lowest BCUT2D eigenvalue weighted by atomic mass is 10.2. The quantitative estimate of drug-likeness (QED) is 0.886. The number of carbonyl (C=O) groups is 2. The van der Waals surface area contributed by atoms with Crippen LogP contribution in [0.2, 0.25) is 0 Å². The predicted molar refractivity (Wildman–Crippen MR) is 60.3 cm³/mol. The summed E-state index contributed by atoms with van der Waals surface area (Å²) in [6.45, 7) is 3.34. The first-order chi connectivity index (χ1) is 7.41. The Kier molecular flexibility index (Phi) is 4.12. The zero-order chi connectivity index (χ0) is 12.3. The lowest BCUT2D eigenvalue weighted by molar-refractivity contribution is -0.140. The zero-order valence-corrected chi connectivity index (χ0v) is 10.5. The Hall–Kier alpha value is -1.30. The molecule has 0 aromatic carbocycles. The minimum Gasteiger partial charge on any atom is -0.481 e. The van der Waals surface area contributed by atoms with Gasteiger partial charge in [-0.2, -0.15) is 0 Å². The van der Waals surface area contributed by atoms with Crippen LogP contribution >= 0.6 is 15.9 Å². The molecule has 1 aromatic rings. The number of rotatable bonds is 4. The van der Waals surface area contributed by atoms with Gasteiger partial charge in [0.05, 0.1) is 5.92 Å². The Morgan fingerprint density at radius 1 is 1.62 bits per heavy atom. The van der Waals surface area contributed by atoms with Gasteiger partial charge in [0, 0.05) is 12.1 Å². The molecule has 1 unspecified atom stereocenters. The first kappa shape index (κ1) is 12.8. The third-order valence-electron chi connectivity index (χ3n) is 2.08. The Morgan fingerprint density at radius 2 is 2.25 bits per heavy atom. The van der Waals surface area contributed by atoms with Gasteiger partial charge >= 0.3 is 5.97 Å². The summed E-state index contributed by atoms with van der Waals surface area (Å²) in [5.74, 6) is -1.78. The molecule has 0 fully saturated rings. The lowest BCUT2D eigenvalue weighted by Crippen LogP contribution is -2.31. The van der Waals surface area contributed by atoms with Gasteiger partial charge in [0.15, 0.2) is 10.4 Å². The molecular weight excluding hydrogens is 278 g/mol. The van der Waals surface area contributed by atoms with Crippen LogP contribution in [-0.2, 0) is 4.79 Å². The lowest BCUT2D eigenvalue weighted by Gasteiger charge is -2.07. The van der Waals surface area contributed by atoms with Crippen LogP contribution < -0.4 is 5.32 Å². The van der Waals surface area contributed by atoms with E-state index in [1.807, 2.05) is 0 Å². The average molecular weight is 290 g/mol. The molecule has 1 rings (SSSR count). The number of carbonyl (C=O) groups excluding carboxylic acids is 1. The van der Waals surface area contributed by atoms with Crippen molar-refractivity contribution in [2.45, 2.75) is 13.8 Å². The van der Waals surface area contributed by atoms with Crippen LogP contribution in [0.5, 0.6) is 0 Å². The maximum atomic E-state index is 11.6. The highest BCUT2D eigenvalue weighted by molar-refractivity contribution is 9.10. The fraction of sp³-hybridized carbons (Fsp3) is 0.400. The maximum Gasteiger partial charge on any atom is 0.308 e. The van der Waals surface area contributed by atoms with Gasteiger partial charge in [0.2, 0.25) is 0 Å². The van der Waals surface area contributed by atoms with Crippen molar-refractivity contribution in [3.05, 3.63) is 22.1 Å². The van der Waals surface area contributed by atoms with E-state index in [1.54, 1.807) is 13.0 Å². The molecule has 2 N–H and O–H groups in total. The summed E-state index contributed by atoms with van der Waals surface area (Å²) in [7, 11) is 0. The summed E-state index contributed by atoms with van der Waals surface area (Å²) in [4.78, 5) is 22.1. The van der Waals surface area contributed by atoms with Gasteiger partial charge in [0.1, 0.15) is 0 Å². The monoisotopic (exact) mass is 289 g/mol. The summed E-state index contributed by atoms with van der Waals surface area (Å²) < 4.78 is 5.60. The highest BCUT2D eigenvalue weighted by atomic mass is 79.9. The average Bonchev–Trinajstić information content (AvgIpc) is 2.53. The summed E-state index contributed by atoms with van der Waals surface area (Å²) in [6.07, 6.45) is 0. The predicted octanol–water partition coefficient (Wildman–Crippen LogP) is 1.80. The highest BCUT2D eigenvalue weighted by Gasteiger charge is 2.17. The number of aliphatic carboxylic acids is 1. The highest BCUT2D eigenvalue weighted by Crippen LogP contribution is 2.19. The molecule has 1 amide bonds. The van der Waals surface area contributed by atoms with Crippen molar-refractivity contribution in [1.82, 2.24) is 5.32 Å². The van der Waals surface area contributed by atoms with E-state index in [2.05, 4.69) is 21.2 Å². The molecule has 1 atom stereocenters. The Bertz CT molecular complexity index is 413. The van der Waals surface area contributed by atoms with E-state index in [0.29, 0.717) is 10.2 Å². The minimum atomic E-state index is -0.947. The van der Waals surface area contributed by atoms with Crippen LogP contribution in [0, 0.1) is 12.8 Å². The summed E-state index contributed by atoms with van der Waals surface area (Å²) in [5.41, 5.74) is 0.701. The Balaban J connectivity index is 2.60. The van der Waals surface area contributed by atoms with Crippen molar-refractivity contribution in [2.24, 2.45) is 5.92 Å². The van der Waals surface area contributed by atoms with Crippen molar-refractivity contribution in [3.63, 3.8) is 0 Å². The number of halogens is 1. The first-order valence-corrected chi connectivity index (χ1v) is 5.48. The number of furan rings is 1. The molecule has 0 aliphatic rings. The molecule has 0 spiro atoms. The molecule has 0 bridgehead atoms. The molecule has 16 heavy (non-hydrogen) atoms. The fourth-order valence-corrected chi connectivity index (χ4v) is 1.59. The van der Waals surface area contributed by atoms with Gasteiger partial charge in [-0.25, -0.2) is 0 Å². The Labute approximate surface area is 101 Å². The number of amides is 1. The third-order valence-corrected chi connectivity index (χ3v) is 2.48. The van der Waals surface area contributed by atoms with Gasteiger partial charge in [0.25, 0.3) is 5.91 Å². The largest absolute Gasteiger partial charge is 0.481 e. The molecule has 0 aliphatic heterocycles. The van der Waals surface area contributed by atoms with E-state index in [0.717, 1.165) is 0 Å². The molecule has 5 nitrogen and oxygen atoms in total. The van der Waals surface area contributed by atoms with Crippen LogP contribution in [0.1, 0.15) is 23.0 Å². The zero-order valence-electron chi connectivity index (χ0n) is 8.91. The summed E-state index contributed by atoms with van der Waals surface area (Å²) >= 11 is 3.11. The van der Waals surface area contributed by atoms with E-state index in [1.165, 1.54) is 6.92 Å². The van der Waals surface area contributed by atoms with Crippen molar-refractivity contribution in [3.8, 4) is 0 Å². The van der Waals surface area contributed by atoms with E-state index < -0.39 is 17.8 Å². The summed E-state index contributed by atoms with van der Waals surface area (Å²) in [6, 6.07) is 1.68. The van der Waals surface area contributed by atoms with Gasteiger partial charge in [-0.15, -0.1) is 0 Å². The molecule has 1 heterocycles. The van der Waals surface area contributed by atoms with Crippen LogP contribution in [0.4, 0.5) is 0 Å². The second-order valence-corrected chi connectivity index (χ2v) is 4.29. The number of aryl methyl sites for hydroxylation is 1. The molecule has 0 radical (unpaired) electrons. The van der Waals surface area contributed by atoms with Crippen LogP contribution in [0.3, 0.4) is 0 Å². The third kappa shape index (κ3) is 3.10. The molecule has 88 valence electrons.